The minimum absolute atomic E-state index is 0.0324. The Balaban J connectivity index is 1.64. The predicted octanol–water partition coefficient (Wildman–Crippen LogP) is 0.391. The van der Waals surface area contributed by atoms with Crippen LogP contribution in [0.1, 0.15) is 27.1 Å². The molecular weight excluding hydrogens is 334 g/mol. The zero-order valence-corrected chi connectivity index (χ0v) is 14.5. The minimum atomic E-state index is -0.895. The fourth-order valence-corrected chi connectivity index (χ4v) is 3.06. The molecule has 26 heavy (non-hydrogen) atoms. The molecule has 2 atom stereocenters. The van der Waals surface area contributed by atoms with E-state index in [1.165, 1.54) is 10.6 Å². The first-order valence-electron chi connectivity index (χ1n) is 8.46. The number of aliphatic hydroxyl groups is 1. The van der Waals surface area contributed by atoms with E-state index in [1.54, 1.807) is 48.5 Å². The van der Waals surface area contributed by atoms with Crippen molar-refractivity contribution >= 4 is 11.8 Å². The highest BCUT2D eigenvalue weighted by Gasteiger charge is 2.32. The molecule has 0 unspecified atom stereocenters. The van der Waals surface area contributed by atoms with E-state index in [0.717, 1.165) is 0 Å². The lowest BCUT2D eigenvalue weighted by Crippen LogP contribution is -2.55. The first-order chi connectivity index (χ1) is 12.5. The Kier molecular flexibility index (Phi) is 5.18. The van der Waals surface area contributed by atoms with Gasteiger partial charge in [0.2, 0.25) is 0 Å². The van der Waals surface area contributed by atoms with Crippen LogP contribution in [0.15, 0.2) is 53.5 Å². The van der Waals surface area contributed by atoms with Gasteiger partial charge in [0.05, 0.1) is 12.1 Å². The summed E-state index contributed by atoms with van der Waals surface area (Å²) in [5.41, 5.74) is 0.205. The van der Waals surface area contributed by atoms with Gasteiger partial charge in [-0.25, -0.2) is 0 Å². The van der Waals surface area contributed by atoms with Gasteiger partial charge in [-0.15, -0.1) is 0 Å². The third-order valence-corrected chi connectivity index (χ3v) is 4.57. The summed E-state index contributed by atoms with van der Waals surface area (Å²) in [7, 11) is 1.57. The normalized spacial score (nSPS) is 19.8. The number of nitrogens with zero attached hydrogens (tertiary/aromatic N) is 2. The van der Waals surface area contributed by atoms with Crippen molar-refractivity contribution in [2.24, 2.45) is 7.05 Å². The van der Waals surface area contributed by atoms with Crippen molar-refractivity contribution < 1.29 is 14.7 Å². The summed E-state index contributed by atoms with van der Waals surface area (Å²) in [5.74, 6) is -0.663. The number of amides is 2. The number of piperidine rings is 1. The standard InChI is InChI=1S/C19H21N3O4/c1-21-10-5-8-14(19(21)26)17(24)20-15-9-11-22(12-16(15)23)18(25)13-6-3-2-4-7-13/h2-8,10,15-16,23H,9,11-12H2,1H3,(H,20,24)/t15-,16-/m1/s1. The quantitative estimate of drug-likeness (QED) is 0.833. The molecule has 1 aromatic heterocycles. The van der Waals surface area contributed by atoms with Crippen molar-refractivity contribution in [3.63, 3.8) is 0 Å². The van der Waals surface area contributed by atoms with Crippen molar-refractivity contribution in [1.82, 2.24) is 14.8 Å². The molecule has 7 nitrogen and oxygen atoms in total. The maximum absolute atomic E-state index is 12.5. The summed E-state index contributed by atoms with van der Waals surface area (Å²) in [6.45, 7) is 0.550. The van der Waals surface area contributed by atoms with E-state index in [0.29, 0.717) is 18.5 Å². The van der Waals surface area contributed by atoms with Gasteiger partial charge in [0.1, 0.15) is 5.56 Å². The van der Waals surface area contributed by atoms with E-state index in [1.807, 2.05) is 6.07 Å². The van der Waals surface area contributed by atoms with Gasteiger partial charge in [-0.05, 0) is 30.7 Å². The number of aromatic nitrogens is 1. The molecular formula is C19H21N3O4. The number of rotatable bonds is 3. The van der Waals surface area contributed by atoms with Crippen LogP contribution in [0, 0.1) is 0 Å². The van der Waals surface area contributed by atoms with Crippen molar-refractivity contribution in [1.29, 1.82) is 0 Å². The molecule has 2 heterocycles. The summed E-state index contributed by atoms with van der Waals surface area (Å²) in [6.07, 6.45) is 1.09. The first kappa shape index (κ1) is 17.9. The second-order valence-corrected chi connectivity index (χ2v) is 6.39. The summed E-state index contributed by atoms with van der Waals surface area (Å²) in [5, 5.41) is 13.1. The van der Waals surface area contributed by atoms with Crippen LogP contribution in [0.3, 0.4) is 0 Å². The van der Waals surface area contributed by atoms with E-state index in [9.17, 15) is 19.5 Å². The van der Waals surface area contributed by atoms with Gasteiger partial charge in [0.15, 0.2) is 0 Å². The fraction of sp³-hybridized carbons (Fsp3) is 0.316. The van der Waals surface area contributed by atoms with Crippen molar-refractivity contribution in [3.05, 3.63) is 70.1 Å². The van der Waals surface area contributed by atoms with Crippen LogP contribution in [-0.4, -0.2) is 51.6 Å². The largest absolute Gasteiger partial charge is 0.389 e. The van der Waals surface area contributed by atoms with Crippen LogP contribution in [0.25, 0.3) is 0 Å². The van der Waals surface area contributed by atoms with Crippen LogP contribution in [0.2, 0.25) is 0 Å². The molecule has 0 saturated carbocycles. The van der Waals surface area contributed by atoms with Crippen molar-refractivity contribution in [2.45, 2.75) is 18.6 Å². The van der Waals surface area contributed by atoms with Crippen LogP contribution in [-0.2, 0) is 7.05 Å². The molecule has 0 radical (unpaired) electrons. The second kappa shape index (κ2) is 7.53. The third kappa shape index (κ3) is 3.67. The molecule has 1 aliphatic heterocycles. The maximum atomic E-state index is 12.5. The van der Waals surface area contributed by atoms with Crippen molar-refractivity contribution in [2.75, 3.05) is 13.1 Å². The number of β-amino-alcohol motifs (C(OH)–C–C–N with tert-alkyl or cyclic N) is 1. The lowest BCUT2D eigenvalue weighted by molar-refractivity contribution is 0.0314. The monoisotopic (exact) mass is 355 g/mol. The van der Waals surface area contributed by atoms with Gasteiger partial charge in [0, 0.05) is 31.9 Å². The van der Waals surface area contributed by atoms with Crippen LogP contribution in [0.5, 0.6) is 0 Å². The highest BCUT2D eigenvalue weighted by atomic mass is 16.3. The van der Waals surface area contributed by atoms with E-state index >= 15 is 0 Å². The molecule has 2 aromatic rings. The predicted molar refractivity (Wildman–Crippen MR) is 95.9 cm³/mol. The number of benzene rings is 1. The summed E-state index contributed by atoms with van der Waals surface area (Å²) in [4.78, 5) is 38.4. The SMILES string of the molecule is Cn1cccc(C(=O)N[C@@H]2CCN(C(=O)c3ccccc3)C[C@H]2O)c1=O. The number of aryl methyl sites for hydroxylation is 1. The number of pyridine rings is 1. The number of hydrogen-bond acceptors (Lipinski definition) is 4. The van der Waals surface area contributed by atoms with Gasteiger partial charge in [-0.1, -0.05) is 18.2 Å². The molecule has 1 fully saturated rings. The average molecular weight is 355 g/mol. The lowest BCUT2D eigenvalue weighted by atomic mass is 10.0. The molecule has 1 saturated heterocycles. The highest BCUT2D eigenvalue weighted by Crippen LogP contribution is 2.15. The molecule has 7 heteroatoms. The van der Waals surface area contributed by atoms with Crippen LogP contribution in [0.4, 0.5) is 0 Å². The van der Waals surface area contributed by atoms with Crippen LogP contribution >= 0.6 is 0 Å². The van der Waals surface area contributed by atoms with Crippen LogP contribution < -0.4 is 10.9 Å². The number of nitrogens with one attached hydrogen (secondary N) is 1. The number of carbonyl (C=O) groups excluding carboxylic acids is 2. The smallest absolute Gasteiger partial charge is 0.263 e. The number of aliphatic hydroxyl groups excluding tert-OH is 1. The molecule has 136 valence electrons. The van der Waals surface area contributed by atoms with Gasteiger partial charge in [-0.3, -0.25) is 14.4 Å². The first-order valence-corrected chi connectivity index (χ1v) is 8.46. The highest BCUT2D eigenvalue weighted by molar-refractivity contribution is 5.95. The summed E-state index contributed by atoms with van der Waals surface area (Å²) >= 11 is 0. The molecule has 1 aliphatic rings. The molecule has 2 amide bonds. The Bertz CT molecular complexity index is 863. The van der Waals surface area contributed by atoms with E-state index in [-0.39, 0.29) is 18.0 Å². The van der Waals surface area contributed by atoms with Gasteiger partial charge < -0.3 is 19.9 Å². The minimum Gasteiger partial charge on any atom is -0.389 e. The van der Waals surface area contributed by atoms with Gasteiger partial charge >= 0.3 is 0 Å². The molecule has 0 aliphatic carbocycles. The Morgan fingerprint density at radius 2 is 1.88 bits per heavy atom. The zero-order valence-electron chi connectivity index (χ0n) is 14.5. The van der Waals surface area contributed by atoms with E-state index in [2.05, 4.69) is 5.32 Å². The Morgan fingerprint density at radius 1 is 1.15 bits per heavy atom. The summed E-state index contributed by atoms with van der Waals surface area (Å²) < 4.78 is 1.33. The molecule has 0 spiro atoms. The average Bonchev–Trinajstić information content (AvgIpc) is 2.65. The number of hydrogen-bond donors (Lipinski definition) is 2. The Morgan fingerprint density at radius 3 is 2.58 bits per heavy atom. The van der Waals surface area contributed by atoms with Gasteiger partial charge in [0.25, 0.3) is 17.4 Å². The Hall–Kier alpha value is -2.93. The maximum Gasteiger partial charge on any atom is 0.263 e. The zero-order chi connectivity index (χ0) is 18.7. The van der Waals surface area contributed by atoms with Gasteiger partial charge in [-0.2, -0.15) is 0 Å². The number of carbonyl (C=O) groups is 2. The Labute approximate surface area is 150 Å². The number of likely N-dealkylation sites (tertiary alicyclic amines) is 1. The summed E-state index contributed by atoms with van der Waals surface area (Å²) in [6, 6.07) is 11.4. The molecule has 2 N–H and O–H groups in total. The fourth-order valence-electron chi connectivity index (χ4n) is 3.06. The topological polar surface area (TPSA) is 91.6 Å². The molecule has 0 bridgehead atoms. The van der Waals surface area contributed by atoms with E-state index < -0.39 is 23.6 Å². The molecule has 3 rings (SSSR count). The van der Waals surface area contributed by atoms with E-state index in [4.69, 9.17) is 0 Å². The second-order valence-electron chi connectivity index (χ2n) is 6.39. The lowest BCUT2D eigenvalue weighted by Gasteiger charge is -2.36. The molecule has 1 aromatic carbocycles. The third-order valence-electron chi connectivity index (χ3n) is 4.57. The van der Waals surface area contributed by atoms with Crippen molar-refractivity contribution in [3.8, 4) is 0 Å².